The van der Waals surface area contributed by atoms with Gasteiger partial charge in [0.15, 0.2) is 11.5 Å². The molecule has 2 rings (SSSR count). The largest absolute Gasteiger partial charge is 0.493 e. The molecular formula is C16H17BrClNO2. The first-order valence-electron chi connectivity index (χ1n) is 6.48. The predicted octanol–water partition coefficient (Wildman–Crippen LogP) is 5.29. The van der Waals surface area contributed by atoms with Crippen molar-refractivity contribution in [1.29, 1.82) is 0 Å². The second-order valence-electron chi connectivity index (χ2n) is 4.60. The first-order chi connectivity index (χ1) is 10.0. The van der Waals surface area contributed by atoms with E-state index in [0.29, 0.717) is 11.5 Å². The van der Waals surface area contributed by atoms with Crippen molar-refractivity contribution < 1.29 is 9.47 Å². The van der Waals surface area contributed by atoms with Crippen molar-refractivity contribution in [2.45, 2.75) is 13.0 Å². The Morgan fingerprint density at radius 1 is 1.05 bits per heavy atom. The normalized spacial score (nSPS) is 11.9. The molecule has 0 aliphatic heterocycles. The van der Waals surface area contributed by atoms with E-state index >= 15 is 0 Å². The fourth-order valence-corrected chi connectivity index (χ4v) is 2.94. The van der Waals surface area contributed by atoms with E-state index in [2.05, 4.69) is 28.2 Å². The van der Waals surface area contributed by atoms with E-state index in [4.69, 9.17) is 21.1 Å². The summed E-state index contributed by atoms with van der Waals surface area (Å²) in [7, 11) is 3.24. The molecule has 112 valence electrons. The highest BCUT2D eigenvalue weighted by atomic mass is 79.9. The molecule has 2 aromatic carbocycles. The highest BCUT2D eigenvalue weighted by Gasteiger charge is 2.11. The molecule has 0 aromatic heterocycles. The monoisotopic (exact) mass is 369 g/mol. The molecule has 0 amide bonds. The molecule has 0 aliphatic carbocycles. The van der Waals surface area contributed by atoms with Gasteiger partial charge in [-0.2, -0.15) is 0 Å². The molecule has 5 heteroatoms. The van der Waals surface area contributed by atoms with Crippen LogP contribution in [0.2, 0.25) is 5.02 Å². The van der Waals surface area contributed by atoms with Gasteiger partial charge in [-0.1, -0.05) is 33.6 Å². The van der Waals surface area contributed by atoms with Gasteiger partial charge < -0.3 is 14.8 Å². The van der Waals surface area contributed by atoms with Crippen molar-refractivity contribution in [2.75, 3.05) is 19.5 Å². The van der Waals surface area contributed by atoms with Gasteiger partial charge in [-0.15, -0.1) is 0 Å². The maximum Gasteiger partial charge on any atom is 0.162 e. The summed E-state index contributed by atoms with van der Waals surface area (Å²) in [6, 6.07) is 11.7. The van der Waals surface area contributed by atoms with E-state index in [1.54, 1.807) is 14.2 Å². The Kier molecular flexibility index (Phi) is 5.37. The molecule has 0 radical (unpaired) electrons. The molecule has 2 aromatic rings. The van der Waals surface area contributed by atoms with Crippen LogP contribution in [0.25, 0.3) is 0 Å². The summed E-state index contributed by atoms with van der Waals surface area (Å²) in [6.45, 7) is 2.06. The summed E-state index contributed by atoms with van der Waals surface area (Å²) < 4.78 is 11.5. The van der Waals surface area contributed by atoms with Gasteiger partial charge in [-0.25, -0.2) is 0 Å². The molecule has 1 unspecified atom stereocenters. The Morgan fingerprint density at radius 2 is 1.76 bits per heavy atom. The Bertz CT molecular complexity index is 634. The lowest BCUT2D eigenvalue weighted by atomic mass is 10.1. The number of halogens is 2. The van der Waals surface area contributed by atoms with E-state index < -0.39 is 0 Å². The number of ether oxygens (including phenoxy) is 2. The average molecular weight is 371 g/mol. The Labute approximate surface area is 138 Å². The van der Waals surface area contributed by atoms with Crippen LogP contribution in [0.5, 0.6) is 11.5 Å². The SMILES string of the molecule is COc1ccc(NC(C)c2ccc(Br)cc2Cl)cc1OC. The molecule has 21 heavy (non-hydrogen) atoms. The van der Waals surface area contributed by atoms with Gasteiger partial charge >= 0.3 is 0 Å². The molecule has 0 bridgehead atoms. The van der Waals surface area contributed by atoms with Crippen LogP contribution in [0.3, 0.4) is 0 Å². The maximum atomic E-state index is 6.28. The van der Waals surface area contributed by atoms with Crippen LogP contribution in [0, 0.1) is 0 Å². The van der Waals surface area contributed by atoms with Crippen LogP contribution in [0.4, 0.5) is 5.69 Å². The number of benzene rings is 2. The van der Waals surface area contributed by atoms with Crippen LogP contribution in [-0.4, -0.2) is 14.2 Å². The highest BCUT2D eigenvalue weighted by molar-refractivity contribution is 9.10. The molecule has 0 spiro atoms. The third-order valence-corrected chi connectivity index (χ3v) is 4.02. The summed E-state index contributed by atoms with van der Waals surface area (Å²) in [5, 5.41) is 4.14. The van der Waals surface area contributed by atoms with Gasteiger partial charge in [-0.05, 0) is 36.8 Å². The summed E-state index contributed by atoms with van der Waals surface area (Å²) in [6.07, 6.45) is 0. The second-order valence-corrected chi connectivity index (χ2v) is 5.92. The molecule has 0 saturated heterocycles. The standard InChI is InChI=1S/C16H17BrClNO2/c1-10(13-6-4-11(17)8-14(13)18)19-12-5-7-15(20-2)16(9-12)21-3/h4-10,19H,1-3H3. The van der Waals surface area contributed by atoms with Crippen molar-refractivity contribution in [3.05, 3.63) is 51.5 Å². The van der Waals surface area contributed by atoms with E-state index in [1.807, 2.05) is 36.4 Å². The van der Waals surface area contributed by atoms with Crippen LogP contribution >= 0.6 is 27.5 Å². The van der Waals surface area contributed by atoms with Crippen molar-refractivity contribution in [3.63, 3.8) is 0 Å². The van der Waals surface area contributed by atoms with E-state index in [1.165, 1.54) is 0 Å². The second kappa shape index (κ2) is 7.05. The highest BCUT2D eigenvalue weighted by Crippen LogP contribution is 2.33. The number of anilines is 1. The number of rotatable bonds is 5. The first-order valence-corrected chi connectivity index (χ1v) is 7.65. The molecule has 0 aliphatic rings. The number of methoxy groups -OCH3 is 2. The van der Waals surface area contributed by atoms with Crippen LogP contribution in [0.15, 0.2) is 40.9 Å². The van der Waals surface area contributed by atoms with E-state index in [9.17, 15) is 0 Å². The van der Waals surface area contributed by atoms with Crippen molar-refractivity contribution in [3.8, 4) is 11.5 Å². The molecule has 1 atom stereocenters. The third kappa shape index (κ3) is 3.83. The van der Waals surface area contributed by atoms with Gasteiger partial charge in [0.05, 0.1) is 14.2 Å². The lowest BCUT2D eigenvalue weighted by Crippen LogP contribution is -2.07. The zero-order valence-electron chi connectivity index (χ0n) is 12.1. The van der Waals surface area contributed by atoms with Crippen LogP contribution in [-0.2, 0) is 0 Å². The lowest BCUT2D eigenvalue weighted by molar-refractivity contribution is 0.355. The smallest absolute Gasteiger partial charge is 0.162 e. The van der Waals surface area contributed by atoms with Gasteiger partial charge in [0, 0.05) is 27.3 Å². The summed E-state index contributed by atoms with van der Waals surface area (Å²) >= 11 is 9.69. The van der Waals surface area contributed by atoms with E-state index in [0.717, 1.165) is 20.7 Å². The molecular weight excluding hydrogens is 354 g/mol. The molecule has 1 N–H and O–H groups in total. The fourth-order valence-electron chi connectivity index (χ4n) is 2.11. The Morgan fingerprint density at radius 3 is 2.38 bits per heavy atom. The zero-order valence-corrected chi connectivity index (χ0v) is 14.5. The Hall–Kier alpha value is -1.39. The van der Waals surface area contributed by atoms with Crippen LogP contribution < -0.4 is 14.8 Å². The quantitative estimate of drug-likeness (QED) is 0.775. The summed E-state index contributed by atoms with van der Waals surface area (Å²) in [4.78, 5) is 0. The molecule has 0 heterocycles. The lowest BCUT2D eigenvalue weighted by Gasteiger charge is -2.18. The average Bonchev–Trinajstić information content (AvgIpc) is 2.46. The van der Waals surface area contributed by atoms with Gasteiger partial charge in [0.1, 0.15) is 0 Å². The first kappa shape index (κ1) is 16.0. The minimum Gasteiger partial charge on any atom is -0.493 e. The molecule has 3 nitrogen and oxygen atoms in total. The van der Waals surface area contributed by atoms with Gasteiger partial charge in [0.2, 0.25) is 0 Å². The minimum absolute atomic E-state index is 0.0729. The molecule has 0 saturated carbocycles. The number of nitrogens with one attached hydrogen (secondary N) is 1. The zero-order chi connectivity index (χ0) is 15.4. The van der Waals surface area contributed by atoms with Crippen LogP contribution in [0.1, 0.15) is 18.5 Å². The van der Waals surface area contributed by atoms with Gasteiger partial charge in [0.25, 0.3) is 0 Å². The molecule has 0 fully saturated rings. The topological polar surface area (TPSA) is 30.5 Å². The Balaban J connectivity index is 2.21. The third-order valence-electron chi connectivity index (χ3n) is 3.20. The summed E-state index contributed by atoms with van der Waals surface area (Å²) in [5.74, 6) is 1.40. The van der Waals surface area contributed by atoms with E-state index in [-0.39, 0.29) is 6.04 Å². The van der Waals surface area contributed by atoms with Crippen molar-refractivity contribution in [2.24, 2.45) is 0 Å². The van der Waals surface area contributed by atoms with Crippen molar-refractivity contribution in [1.82, 2.24) is 0 Å². The van der Waals surface area contributed by atoms with Crippen molar-refractivity contribution >= 4 is 33.2 Å². The fraction of sp³-hybridized carbons (Fsp3) is 0.250. The number of hydrogen-bond donors (Lipinski definition) is 1. The minimum atomic E-state index is 0.0729. The number of hydrogen-bond acceptors (Lipinski definition) is 3. The summed E-state index contributed by atoms with van der Waals surface area (Å²) in [5.41, 5.74) is 1.98. The predicted molar refractivity (Wildman–Crippen MR) is 90.7 cm³/mol. The maximum absolute atomic E-state index is 6.28. The van der Waals surface area contributed by atoms with Gasteiger partial charge in [-0.3, -0.25) is 0 Å².